The number of methoxy groups -OCH3 is 1. The summed E-state index contributed by atoms with van der Waals surface area (Å²) < 4.78 is 5.31. The maximum Gasteiger partial charge on any atom is 0.251 e. The zero-order chi connectivity index (χ0) is 22.6. The van der Waals surface area contributed by atoms with E-state index < -0.39 is 0 Å². The van der Waals surface area contributed by atoms with Crippen LogP contribution < -0.4 is 20.7 Å². The highest BCUT2D eigenvalue weighted by Gasteiger charge is 2.23. The van der Waals surface area contributed by atoms with Gasteiger partial charge in [0.25, 0.3) is 5.91 Å². The first-order valence-electron chi connectivity index (χ1n) is 11.4. The molecule has 1 fully saturated rings. The Hall–Kier alpha value is -3.06. The van der Waals surface area contributed by atoms with Crippen molar-refractivity contribution in [1.82, 2.24) is 20.9 Å². The molecule has 0 radical (unpaired) electrons. The van der Waals surface area contributed by atoms with Crippen LogP contribution in [0.2, 0.25) is 0 Å². The zero-order valence-corrected chi connectivity index (χ0v) is 19.1. The molecule has 2 aromatic carbocycles. The average molecular weight is 438 g/mol. The van der Waals surface area contributed by atoms with Crippen molar-refractivity contribution < 1.29 is 9.53 Å². The number of rotatable bonds is 10. The normalized spacial score (nSPS) is 15.2. The third-order valence-corrected chi connectivity index (χ3v) is 5.74. The van der Waals surface area contributed by atoms with Crippen LogP contribution in [0.25, 0.3) is 0 Å². The summed E-state index contributed by atoms with van der Waals surface area (Å²) in [7, 11) is 3.47. The van der Waals surface area contributed by atoms with Crippen LogP contribution in [0.1, 0.15) is 41.2 Å². The van der Waals surface area contributed by atoms with Gasteiger partial charge >= 0.3 is 0 Å². The number of aliphatic imine (C=N–C) groups is 1. The summed E-state index contributed by atoms with van der Waals surface area (Å²) in [6, 6.07) is 17.9. The fourth-order valence-electron chi connectivity index (χ4n) is 3.94. The van der Waals surface area contributed by atoms with E-state index in [1.165, 1.54) is 18.4 Å². The molecular formula is C25H35N5O2. The van der Waals surface area contributed by atoms with Gasteiger partial charge in [0.1, 0.15) is 5.75 Å². The molecule has 0 saturated carbocycles. The van der Waals surface area contributed by atoms with Crippen molar-refractivity contribution in [1.29, 1.82) is 0 Å². The van der Waals surface area contributed by atoms with Crippen LogP contribution in [0.3, 0.4) is 0 Å². The maximum atomic E-state index is 12.1. The van der Waals surface area contributed by atoms with Gasteiger partial charge in [0.05, 0.1) is 13.2 Å². The SMILES string of the molecule is CN=C(NCCCNC(=O)c1ccccc1)NCC(c1ccc(OC)cc1)N1CCCC1. The third kappa shape index (κ3) is 6.99. The van der Waals surface area contributed by atoms with Crippen molar-refractivity contribution in [3.63, 3.8) is 0 Å². The van der Waals surface area contributed by atoms with Gasteiger partial charge in [-0.1, -0.05) is 30.3 Å². The number of guanidine groups is 1. The molecule has 1 aliphatic rings. The van der Waals surface area contributed by atoms with Gasteiger partial charge in [0, 0.05) is 32.2 Å². The van der Waals surface area contributed by atoms with Crippen molar-refractivity contribution in [3.8, 4) is 5.75 Å². The molecule has 1 saturated heterocycles. The molecule has 7 nitrogen and oxygen atoms in total. The summed E-state index contributed by atoms with van der Waals surface area (Å²) in [6.45, 7) is 4.35. The van der Waals surface area contributed by atoms with Crippen molar-refractivity contribution in [2.24, 2.45) is 4.99 Å². The predicted molar refractivity (Wildman–Crippen MR) is 129 cm³/mol. The van der Waals surface area contributed by atoms with Crippen LogP contribution in [-0.2, 0) is 0 Å². The summed E-state index contributed by atoms with van der Waals surface area (Å²) in [5.41, 5.74) is 1.96. The molecule has 1 unspecified atom stereocenters. The molecule has 0 bridgehead atoms. The van der Waals surface area contributed by atoms with Crippen LogP contribution >= 0.6 is 0 Å². The van der Waals surface area contributed by atoms with Crippen LogP contribution in [0.15, 0.2) is 59.6 Å². The lowest BCUT2D eigenvalue weighted by molar-refractivity contribution is 0.0953. The molecule has 0 aromatic heterocycles. The molecule has 2 aromatic rings. The fraction of sp³-hybridized carbons (Fsp3) is 0.440. The van der Waals surface area contributed by atoms with Crippen molar-refractivity contribution in [3.05, 3.63) is 65.7 Å². The number of nitrogens with one attached hydrogen (secondary N) is 3. The fourth-order valence-corrected chi connectivity index (χ4v) is 3.94. The number of hydrogen-bond acceptors (Lipinski definition) is 4. The highest BCUT2D eigenvalue weighted by molar-refractivity contribution is 5.94. The monoisotopic (exact) mass is 437 g/mol. The van der Waals surface area contributed by atoms with E-state index in [1.807, 2.05) is 42.5 Å². The van der Waals surface area contributed by atoms with E-state index in [0.29, 0.717) is 12.1 Å². The van der Waals surface area contributed by atoms with Gasteiger partial charge in [0.2, 0.25) is 0 Å². The van der Waals surface area contributed by atoms with Gasteiger partial charge in [0.15, 0.2) is 5.96 Å². The first-order chi connectivity index (χ1) is 15.7. The molecule has 0 aliphatic carbocycles. The number of carbonyl (C=O) groups excluding carboxylic acids is 1. The molecule has 7 heteroatoms. The second kappa shape index (κ2) is 12.7. The largest absolute Gasteiger partial charge is 0.497 e. The molecular weight excluding hydrogens is 402 g/mol. The van der Waals surface area contributed by atoms with Crippen LogP contribution in [0, 0.1) is 0 Å². The summed E-state index contributed by atoms with van der Waals surface area (Å²) in [6.07, 6.45) is 3.30. The van der Waals surface area contributed by atoms with Crippen molar-refractivity contribution in [2.75, 3.05) is 46.9 Å². The minimum Gasteiger partial charge on any atom is -0.497 e. The summed E-state index contributed by atoms with van der Waals surface area (Å²) in [5.74, 6) is 1.61. The third-order valence-electron chi connectivity index (χ3n) is 5.74. The van der Waals surface area contributed by atoms with E-state index in [2.05, 4.69) is 38.0 Å². The van der Waals surface area contributed by atoms with Crippen molar-refractivity contribution >= 4 is 11.9 Å². The van der Waals surface area contributed by atoms with E-state index >= 15 is 0 Å². The van der Waals surface area contributed by atoms with Crippen LogP contribution in [-0.4, -0.2) is 63.6 Å². The Morgan fingerprint density at radius 3 is 2.34 bits per heavy atom. The van der Waals surface area contributed by atoms with Gasteiger partial charge in [-0.2, -0.15) is 0 Å². The second-order valence-electron chi connectivity index (χ2n) is 7.89. The number of benzene rings is 2. The van der Waals surface area contributed by atoms with Crippen LogP contribution in [0.4, 0.5) is 0 Å². The summed E-state index contributed by atoms with van der Waals surface area (Å²) in [4.78, 5) is 19.0. The Labute approximate surface area is 191 Å². The molecule has 3 N–H and O–H groups in total. The van der Waals surface area contributed by atoms with Gasteiger partial charge in [-0.3, -0.25) is 14.7 Å². The molecule has 1 heterocycles. The highest BCUT2D eigenvalue weighted by atomic mass is 16.5. The van der Waals surface area contributed by atoms with Gasteiger partial charge in [-0.05, 0) is 62.2 Å². The Morgan fingerprint density at radius 2 is 1.69 bits per heavy atom. The first kappa shape index (κ1) is 23.6. The lowest BCUT2D eigenvalue weighted by atomic mass is 10.1. The zero-order valence-electron chi connectivity index (χ0n) is 19.1. The molecule has 1 aliphatic heterocycles. The minimum atomic E-state index is -0.0407. The number of amides is 1. The Morgan fingerprint density at radius 1 is 1.00 bits per heavy atom. The Bertz CT molecular complexity index is 848. The maximum absolute atomic E-state index is 12.1. The number of ether oxygens (including phenoxy) is 1. The molecule has 172 valence electrons. The smallest absolute Gasteiger partial charge is 0.251 e. The lowest BCUT2D eigenvalue weighted by Gasteiger charge is -2.29. The van der Waals surface area contributed by atoms with E-state index in [0.717, 1.165) is 44.3 Å². The summed E-state index contributed by atoms with van der Waals surface area (Å²) >= 11 is 0. The first-order valence-corrected chi connectivity index (χ1v) is 11.4. The number of nitrogens with zero attached hydrogens (tertiary/aromatic N) is 2. The van der Waals surface area contributed by atoms with E-state index in [4.69, 9.17) is 4.74 Å². The van der Waals surface area contributed by atoms with Gasteiger partial charge < -0.3 is 20.7 Å². The second-order valence-corrected chi connectivity index (χ2v) is 7.89. The molecule has 1 atom stereocenters. The highest BCUT2D eigenvalue weighted by Crippen LogP contribution is 2.26. The van der Waals surface area contributed by atoms with E-state index in [1.54, 1.807) is 14.2 Å². The molecule has 0 spiro atoms. The van der Waals surface area contributed by atoms with E-state index in [9.17, 15) is 4.79 Å². The molecule has 1 amide bonds. The summed E-state index contributed by atoms with van der Waals surface area (Å²) in [5, 5.41) is 9.78. The van der Waals surface area contributed by atoms with E-state index in [-0.39, 0.29) is 11.9 Å². The average Bonchev–Trinajstić information content (AvgIpc) is 3.38. The topological polar surface area (TPSA) is 78.0 Å². The minimum absolute atomic E-state index is 0.0407. The Kier molecular flexibility index (Phi) is 9.37. The quantitative estimate of drug-likeness (QED) is 0.303. The van der Waals surface area contributed by atoms with Crippen molar-refractivity contribution in [2.45, 2.75) is 25.3 Å². The lowest BCUT2D eigenvalue weighted by Crippen LogP contribution is -2.43. The number of carbonyl (C=O) groups is 1. The number of hydrogen-bond donors (Lipinski definition) is 3. The predicted octanol–water partition coefficient (Wildman–Crippen LogP) is 2.82. The number of likely N-dealkylation sites (tertiary alicyclic amines) is 1. The van der Waals surface area contributed by atoms with Gasteiger partial charge in [-0.15, -0.1) is 0 Å². The Balaban J connectivity index is 1.44. The van der Waals surface area contributed by atoms with Crippen LogP contribution in [0.5, 0.6) is 5.75 Å². The van der Waals surface area contributed by atoms with Gasteiger partial charge in [-0.25, -0.2) is 0 Å². The molecule has 32 heavy (non-hydrogen) atoms. The molecule has 3 rings (SSSR count). The standard InChI is InChI=1S/C25H35N5O2/c1-26-25(28-16-8-15-27-24(31)21-9-4-3-5-10-21)29-19-23(30-17-6-7-18-30)20-11-13-22(32-2)14-12-20/h3-5,9-14,23H,6-8,15-19H2,1-2H3,(H,27,31)(H2,26,28,29).